The van der Waals surface area contributed by atoms with Crippen LogP contribution in [0.15, 0.2) is 77.4 Å². The number of hydrogen-bond donors (Lipinski definition) is 0. The summed E-state index contributed by atoms with van der Waals surface area (Å²) in [5.41, 5.74) is 8.47. The number of rotatable bonds is 1. The molecule has 1 aliphatic rings. The Morgan fingerprint density at radius 2 is 1.42 bits per heavy atom. The van der Waals surface area contributed by atoms with E-state index < -0.39 is 0 Å². The fraction of sp³-hybridized carbons (Fsp3) is 0.296. The van der Waals surface area contributed by atoms with Gasteiger partial charge in [-0.3, -0.25) is 6.08 Å². The van der Waals surface area contributed by atoms with Gasteiger partial charge in [-0.05, 0) is 6.92 Å². The van der Waals surface area contributed by atoms with Gasteiger partial charge in [0.25, 0.3) is 0 Å². The van der Waals surface area contributed by atoms with Gasteiger partial charge in [-0.15, -0.1) is 53.6 Å². The van der Waals surface area contributed by atoms with Gasteiger partial charge >= 0.3 is 41.9 Å². The van der Waals surface area contributed by atoms with Crippen LogP contribution in [0.2, 0.25) is 13.1 Å². The monoisotopic (exact) mass is 544 g/mol. The molecular formula is C27H32Cl2SiZr-2. The fourth-order valence-electron chi connectivity index (χ4n) is 3.42. The van der Waals surface area contributed by atoms with E-state index in [1.165, 1.54) is 44.2 Å². The first-order chi connectivity index (χ1) is 13.7. The van der Waals surface area contributed by atoms with Crippen molar-refractivity contribution in [3.05, 3.63) is 89.0 Å². The van der Waals surface area contributed by atoms with E-state index in [4.69, 9.17) is 0 Å². The first-order valence-corrected chi connectivity index (χ1v) is 16.4. The van der Waals surface area contributed by atoms with Crippen LogP contribution in [-0.2, 0) is 23.3 Å². The molecule has 0 bridgehead atoms. The van der Waals surface area contributed by atoms with Crippen LogP contribution >= 0.6 is 0 Å². The van der Waals surface area contributed by atoms with Gasteiger partial charge in [-0.25, -0.2) is 5.57 Å². The molecule has 0 N–H and O–H groups in total. The van der Waals surface area contributed by atoms with Gasteiger partial charge < -0.3 is 24.8 Å². The number of allylic oxidation sites excluding steroid dienone is 4. The summed E-state index contributed by atoms with van der Waals surface area (Å²) in [6, 6.07) is 21.5. The molecule has 0 aliphatic heterocycles. The molecule has 1 aliphatic carbocycles. The number of fused-ring (bicyclic) bond motifs is 1. The molecule has 164 valence electrons. The Morgan fingerprint density at radius 1 is 0.871 bits per heavy atom. The molecule has 3 aromatic rings. The maximum atomic E-state index is 3.36. The fourth-order valence-corrected chi connectivity index (χ4v) is 3.42. The summed E-state index contributed by atoms with van der Waals surface area (Å²) in [7, 11) is 0. The average Bonchev–Trinajstić information content (AvgIpc) is 3.19. The second kappa shape index (κ2) is 14.4. The Morgan fingerprint density at radius 3 is 1.90 bits per heavy atom. The molecule has 0 amide bonds. The van der Waals surface area contributed by atoms with Crippen molar-refractivity contribution in [3.8, 4) is 11.1 Å². The summed E-state index contributed by atoms with van der Waals surface area (Å²) >= 11 is 1.74. The predicted octanol–water partition coefficient (Wildman–Crippen LogP) is 2.05. The zero-order chi connectivity index (χ0) is 21.6. The normalized spacial score (nSPS) is 14.4. The van der Waals surface area contributed by atoms with E-state index in [2.05, 4.69) is 114 Å². The SMILES string of the molecule is CC1=[C-]C(C)C(C)=C1C.C[Si](C)=[Zr+2].Cc1ccccc1-c1c[cH-]c2ccccc12.[Cl-].[Cl-]. The minimum Gasteiger partial charge on any atom is -1.00 e. The summed E-state index contributed by atoms with van der Waals surface area (Å²) in [6.45, 7) is 15.4. The molecule has 4 heteroatoms. The third kappa shape index (κ3) is 8.58. The Labute approximate surface area is 216 Å². The van der Waals surface area contributed by atoms with Crippen molar-refractivity contribution >= 4 is 16.2 Å². The van der Waals surface area contributed by atoms with E-state index in [9.17, 15) is 0 Å². The Balaban J connectivity index is 0.000000516. The average molecular weight is 547 g/mol. The zero-order valence-corrected chi connectivity index (χ0v) is 24.6. The largest absolute Gasteiger partial charge is 1.00 e. The molecule has 0 saturated heterocycles. The predicted molar refractivity (Wildman–Crippen MR) is 127 cm³/mol. The van der Waals surface area contributed by atoms with E-state index in [-0.39, 0.29) is 30.2 Å². The van der Waals surface area contributed by atoms with Crippen LogP contribution in [0.5, 0.6) is 0 Å². The second-order valence-corrected chi connectivity index (χ2v) is 17.3. The van der Waals surface area contributed by atoms with Crippen LogP contribution in [0.25, 0.3) is 21.9 Å². The molecule has 0 radical (unpaired) electrons. The summed E-state index contributed by atoms with van der Waals surface area (Å²) in [5.74, 6) is 0.560. The van der Waals surface area contributed by atoms with Gasteiger partial charge in [0.2, 0.25) is 0 Å². The molecule has 0 fully saturated rings. The second-order valence-electron chi connectivity index (χ2n) is 7.95. The quantitative estimate of drug-likeness (QED) is 0.324. The zero-order valence-electron chi connectivity index (χ0n) is 19.6. The number of halogens is 2. The van der Waals surface area contributed by atoms with Crippen LogP contribution in [-0.4, -0.2) is 5.43 Å². The Hall–Kier alpha value is -0.790. The van der Waals surface area contributed by atoms with E-state index >= 15 is 0 Å². The molecule has 0 nitrogen and oxygen atoms in total. The molecular weight excluding hydrogens is 515 g/mol. The minimum absolute atomic E-state index is 0. The van der Waals surface area contributed by atoms with Crippen molar-refractivity contribution in [2.45, 2.75) is 47.7 Å². The van der Waals surface area contributed by atoms with Crippen LogP contribution in [0.1, 0.15) is 33.3 Å². The van der Waals surface area contributed by atoms with Crippen molar-refractivity contribution in [1.29, 1.82) is 0 Å². The Kier molecular flexibility index (Phi) is 14.0. The van der Waals surface area contributed by atoms with Crippen LogP contribution in [0, 0.1) is 18.9 Å². The van der Waals surface area contributed by atoms with Crippen LogP contribution in [0.4, 0.5) is 0 Å². The molecule has 3 aromatic carbocycles. The van der Waals surface area contributed by atoms with Gasteiger partial charge in [-0.1, -0.05) is 68.1 Å². The molecule has 0 spiro atoms. The third-order valence-corrected chi connectivity index (χ3v) is 5.35. The summed E-state index contributed by atoms with van der Waals surface area (Å²) in [4.78, 5) is 0. The Bertz CT molecular complexity index is 1060. The van der Waals surface area contributed by atoms with Gasteiger partial charge in [-0.2, -0.15) is 11.1 Å². The first-order valence-electron chi connectivity index (χ1n) is 10.2. The maximum Gasteiger partial charge on any atom is -0.0400 e. The van der Waals surface area contributed by atoms with E-state index in [1.54, 1.807) is 23.3 Å². The molecule has 0 saturated carbocycles. The van der Waals surface area contributed by atoms with Crippen LogP contribution in [0.3, 0.4) is 0 Å². The van der Waals surface area contributed by atoms with Crippen molar-refractivity contribution in [2.75, 3.05) is 0 Å². The molecule has 31 heavy (non-hydrogen) atoms. The standard InChI is InChI=1S/C16H13.C9H13.C2H6Si.2ClH.Zr/c1-12-6-2-4-8-14(12)16-11-10-13-7-3-5-9-15(13)16;1-6-5-7(2)9(4)8(6)3;1-3-2;;;/h2-11H,1H3;6H,1-4H3;1-2H3;2*1H;/q2*-1;;;;+2/p-2. The summed E-state index contributed by atoms with van der Waals surface area (Å²) < 4.78 is 0. The first kappa shape index (κ1) is 30.2. The number of benzene rings is 2. The van der Waals surface area contributed by atoms with E-state index in [0.717, 1.165) is 0 Å². The van der Waals surface area contributed by atoms with Gasteiger partial charge in [0, 0.05) is 0 Å². The van der Waals surface area contributed by atoms with Crippen molar-refractivity contribution in [2.24, 2.45) is 5.92 Å². The molecule has 0 aromatic heterocycles. The van der Waals surface area contributed by atoms with Crippen molar-refractivity contribution < 1.29 is 48.1 Å². The van der Waals surface area contributed by atoms with Crippen molar-refractivity contribution in [3.63, 3.8) is 0 Å². The third-order valence-electron chi connectivity index (χ3n) is 5.35. The summed E-state index contributed by atoms with van der Waals surface area (Å²) in [6.07, 6.45) is 3.36. The number of aryl methyl sites for hydroxylation is 1. The van der Waals surface area contributed by atoms with Crippen molar-refractivity contribution in [1.82, 2.24) is 0 Å². The molecule has 1 atom stereocenters. The smallest absolute Gasteiger partial charge is 0.0400 e. The molecule has 4 rings (SSSR count). The topological polar surface area (TPSA) is 0 Å². The van der Waals surface area contributed by atoms with Crippen LogP contribution < -0.4 is 24.8 Å². The molecule has 1 unspecified atom stereocenters. The van der Waals surface area contributed by atoms with Gasteiger partial charge in [0.05, 0.1) is 0 Å². The molecule has 0 heterocycles. The number of hydrogen-bond acceptors (Lipinski definition) is 0. The maximum absolute atomic E-state index is 3.36. The van der Waals surface area contributed by atoms with E-state index in [1.807, 2.05) is 0 Å². The summed E-state index contributed by atoms with van der Waals surface area (Å²) in [5, 5.41) is 2.66. The van der Waals surface area contributed by atoms with Gasteiger partial charge in [0.15, 0.2) is 0 Å². The van der Waals surface area contributed by atoms with E-state index in [0.29, 0.717) is 5.92 Å². The minimum atomic E-state index is 0. The van der Waals surface area contributed by atoms with Gasteiger partial charge in [0.1, 0.15) is 0 Å².